The standard InChI is InChI=1S/C26H31N11O8S2/c1-26(2,24(43)44)45-35-14(12-9-47-25(30)32-12)20(39)34-16-21(40)37-17(23(41)42)11(8-46-22(16)37)4-3-7-36-10-31-18(28)15(19(36)29)33-13(38)5-6-27/h3-4,9-10,16,22H,5-8,27H2,1-2H3,(H9,28,29,30,32,33,34,35,38,39,41,42,43,44)/p+1/b4-3+/t16-,22?/m1/s1. The lowest BCUT2D eigenvalue weighted by Crippen LogP contribution is -2.71. The minimum absolute atomic E-state index is 0.00219. The zero-order chi connectivity index (χ0) is 34.6. The molecular weight excluding hydrogens is 658 g/mol. The molecular formula is C26H32N11O8S2+. The second-order valence-electron chi connectivity index (χ2n) is 10.5. The molecule has 0 aliphatic carbocycles. The Morgan fingerprint density at radius 3 is 2.60 bits per heavy atom. The average molecular weight is 691 g/mol. The third-order valence-electron chi connectivity index (χ3n) is 6.76. The van der Waals surface area contributed by atoms with Crippen LogP contribution in [0.4, 0.5) is 22.5 Å². The highest BCUT2D eigenvalue weighted by atomic mass is 32.2. The van der Waals surface area contributed by atoms with Crippen LogP contribution in [0, 0.1) is 0 Å². The number of nitrogen functional groups attached to an aromatic ring is 3. The van der Waals surface area contributed by atoms with Crippen molar-refractivity contribution < 1.29 is 43.6 Å². The number of oxime groups is 1. The summed E-state index contributed by atoms with van der Waals surface area (Å²) in [5.41, 5.74) is 21.1. The molecule has 47 heavy (non-hydrogen) atoms. The van der Waals surface area contributed by atoms with Gasteiger partial charge >= 0.3 is 11.9 Å². The fourth-order valence-corrected chi connectivity index (χ4v) is 6.10. The molecule has 0 saturated carbocycles. The SMILES string of the molecule is CC(C)(O/N=C(\C(=O)N[C@@H]1C(=O)N2C(C(=O)O)=C(/C=C/C[n+]3cnc(N)c(NC(=O)CCN)c3N)CSC12)c1csc(N)n1)C(=O)O. The van der Waals surface area contributed by atoms with Gasteiger partial charge in [0.05, 0.1) is 6.54 Å². The number of allylic oxidation sites excluding steroid dienone is 2. The number of aromatic nitrogens is 3. The summed E-state index contributed by atoms with van der Waals surface area (Å²) in [5.74, 6) is -4.43. The number of aliphatic carboxylic acids is 2. The number of nitrogens with zero attached hydrogens (tertiary/aromatic N) is 5. The number of carboxylic acid groups (broad SMARTS) is 2. The van der Waals surface area contributed by atoms with Crippen molar-refractivity contribution in [1.82, 2.24) is 20.2 Å². The highest BCUT2D eigenvalue weighted by molar-refractivity contribution is 8.00. The van der Waals surface area contributed by atoms with E-state index in [1.54, 1.807) is 6.08 Å². The van der Waals surface area contributed by atoms with Crippen molar-refractivity contribution >= 4 is 80.9 Å². The number of anilines is 4. The lowest BCUT2D eigenvalue weighted by atomic mass is 10.0. The number of β-lactam (4-membered cyclic amide) rings is 1. The van der Waals surface area contributed by atoms with E-state index >= 15 is 0 Å². The van der Waals surface area contributed by atoms with Crippen LogP contribution < -0.4 is 38.1 Å². The summed E-state index contributed by atoms with van der Waals surface area (Å²) >= 11 is 2.21. The molecule has 3 amide bonds. The summed E-state index contributed by atoms with van der Waals surface area (Å²) in [5, 5.41) is 28.9. The van der Waals surface area contributed by atoms with Crippen molar-refractivity contribution in [2.45, 2.75) is 43.8 Å². The van der Waals surface area contributed by atoms with Crippen molar-refractivity contribution in [3.8, 4) is 0 Å². The minimum Gasteiger partial charge on any atom is -0.478 e. The number of amides is 3. The molecule has 21 heteroatoms. The highest BCUT2D eigenvalue weighted by Crippen LogP contribution is 2.40. The average Bonchev–Trinajstić information content (AvgIpc) is 3.44. The maximum atomic E-state index is 13.3. The topological polar surface area (TPSA) is 308 Å². The maximum Gasteiger partial charge on any atom is 0.352 e. The first kappa shape index (κ1) is 34.6. The Morgan fingerprint density at radius 1 is 1.26 bits per heavy atom. The van der Waals surface area contributed by atoms with Gasteiger partial charge in [-0.3, -0.25) is 19.3 Å². The fraction of sp³-hybridized carbons (Fsp3) is 0.346. The van der Waals surface area contributed by atoms with Crippen molar-refractivity contribution in [2.75, 3.05) is 34.8 Å². The van der Waals surface area contributed by atoms with Gasteiger partial charge in [-0.1, -0.05) is 22.3 Å². The number of hydrogen-bond donors (Lipinski definition) is 8. The number of carboxylic acids is 2. The molecule has 0 radical (unpaired) electrons. The van der Waals surface area contributed by atoms with Gasteiger partial charge in [-0.25, -0.2) is 19.1 Å². The number of nitrogens with two attached hydrogens (primary N) is 4. The van der Waals surface area contributed by atoms with Crippen molar-refractivity contribution in [3.63, 3.8) is 0 Å². The minimum atomic E-state index is -1.79. The van der Waals surface area contributed by atoms with Crippen molar-refractivity contribution in [2.24, 2.45) is 10.9 Å². The molecule has 4 heterocycles. The van der Waals surface area contributed by atoms with Gasteiger partial charge in [0.15, 0.2) is 16.5 Å². The molecule has 1 unspecified atom stereocenters. The van der Waals surface area contributed by atoms with Gasteiger partial charge in [0, 0.05) is 24.1 Å². The second kappa shape index (κ2) is 14.0. The van der Waals surface area contributed by atoms with Crippen LogP contribution in [0.15, 0.2) is 40.3 Å². The fourth-order valence-electron chi connectivity index (χ4n) is 4.23. The normalized spacial score (nSPS) is 18.1. The van der Waals surface area contributed by atoms with Crippen molar-refractivity contribution in [3.05, 3.63) is 40.8 Å². The van der Waals surface area contributed by atoms with Crippen LogP contribution in [0.3, 0.4) is 0 Å². The molecule has 1 fully saturated rings. The predicted octanol–water partition coefficient (Wildman–Crippen LogP) is -1.56. The van der Waals surface area contributed by atoms with Crippen molar-refractivity contribution in [1.29, 1.82) is 0 Å². The third-order valence-corrected chi connectivity index (χ3v) is 8.74. The van der Waals surface area contributed by atoms with E-state index in [1.165, 1.54) is 48.0 Å². The van der Waals surface area contributed by atoms with Gasteiger partial charge < -0.3 is 48.6 Å². The van der Waals surface area contributed by atoms with Crippen LogP contribution in [-0.2, 0) is 35.4 Å². The zero-order valence-corrected chi connectivity index (χ0v) is 26.6. The van der Waals surface area contributed by atoms with Crippen LogP contribution in [0.2, 0.25) is 0 Å². The van der Waals surface area contributed by atoms with Crippen LogP contribution >= 0.6 is 23.1 Å². The van der Waals surface area contributed by atoms with E-state index in [4.69, 9.17) is 27.8 Å². The van der Waals surface area contributed by atoms with Gasteiger partial charge in [0.2, 0.25) is 29.5 Å². The first-order valence-corrected chi connectivity index (χ1v) is 15.6. The van der Waals surface area contributed by atoms with Gasteiger partial charge in [0.25, 0.3) is 11.8 Å². The van der Waals surface area contributed by atoms with Crippen LogP contribution in [0.25, 0.3) is 0 Å². The van der Waals surface area contributed by atoms with E-state index < -0.39 is 52.4 Å². The molecule has 12 N–H and O–H groups in total. The molecule has 1 saturated heterocycles. The van der Waals surface area contributed by atoms with Crippen LogP contribution in [-0.4, -0.2) is 89.8 Å². The molecule has 4 rings (SSSR count). The largest absolute Gasteiger partial charge is 0.478 e. The van der Waals surface area contributed by atoms with Gasteiger partial charge in [0.1, 0.15) is 22.8 Å². The van der Waals surface area contributed by atoms with Gasteiger partial charge in [-0.05, 0) is 19.4 Å². The van der Waals surface area contributed by atoms with Crippen LogP contribution in [0.5, 0.6) is 0 Å². The first-order chi connectivity index (χ1) is 22.2. The van der Waals surface area contributed by atoms with Crippen LogP contribution in [0.1, 0.15) is 26.0 Å². The number of fused-ring (bicyclic) bond motifs is 1. The predicted molar refractivity (Wildman–Crippen MR) is 170 cm³/mol. The summed E-state index contributed by atoms with van der Waals surface area (Å²) in [4.78, 5) is 76.4. The third kappa shape index (κ3) is 7.42. The van der Waals surface area contributed by atoms with Gasteiger partial charge in [-0.15, -0.1) is 23.1 Å². The molecule has 2 aromatic heterocycles. The number of rotatable bonds is 13. The Hall–Kier alpha value is -5.28. The molecule has 2 atom stereocenters. The molecule has 0 aromatic carbocycles. The Morgan fingerprint density at radius 2 is 1.98 bits per heavy atom. The molecule has 0 bridgehead atoms. The number of thiazole rings is 1. The van der Waals surface area contributed by atoms with E-state index in [0.29, 0.717) is 5.57 Å². The number of thioether (sulfide) groups is 1. The summed E-state index contributed by atoms with van der Waals surface area (Å²) in [6, 6.07) is -1.13. The zero-order valence-electron chi connectivity index (χ0n) is 25.0. The Bertz CT molecular complexity index is 1720. The summed E-state index contributed by atoms with van der Waals surface area (Å²) < 4.78 is 1.47. The number of carbonyl (C=O) groups is 5. The number of hydrogen-bond acceptors (Lipinski definition) is 15. The summed E-state index contributed by atoms with van der Waals surface area (Å²) in [6.45, 7) is 2.69. The lowest BCUT2D eigenvalue weighted by Gasteiger charge is -2.49. The summed E-state index contributed by atoms with van der Waals surface area (Å²) in [6.07, 6.45) is 4.53. The molecule has 2 aromatic rings. The molecule has 250 valence electrons. The smallest absolute Gasteiger partial charge is 0.352 e. The van der Waals surface area contributed by atoms with E-state index in [2.05, 4.69) is 25.8 Å². The lowest BCUT2D eigenvalue weighted by molar-refractivity contribution is -0.674. The highest BCUT2D eigenvalue weighted by Gasteiger charge is 2.54. The van der Waals surface area contributed by atoms with E-state index in [0.717, 1.165) is 16.2 Å². The first-order valence-electron chi connectivity index (χ1n) is 13.7. The van der Waals surface area contributed by atoms with E-state index in [1.807, 2.05) is 0 Å². The molecule has 0 spiro atoms. The number of nitrogens with one attached hydrogen (secondary N) is 2. The number of carbonyl (C=O) groups excluding carboxylic acids is 3. The maximum absolute atomic E-state index is 13.3. The summed E-state index contributed by atoms with van der Waals surface area (Å²) in [7, 11) is 0. The Kier molecular flexibility index (Phi) is 10.3. The second-order valence-corrected chi connectivity index (χ2v) is 12.5. The van der Waals surface area contributed by atoms with E-state index in [-0.39, 0.29) is 59.1 Å². The van der Waals surface area contributed by atoms with E-state index in [9.17, 15) is 34.2 Å². The molecule has 2 aliphatic heterocycles. The monoisotopic (exact) mass is 690 g/mol. The molecule has 2 aliphatic rings. The van der Waals surface area contributed by atoms with Gasteiger partial charge in [-0.2, -0.15) is 0 Å². The molecule has 19 nitrogen and oxygen atoms in total. The Labute approximate surface area is 274 Å². The quantitative estimate of drug-likeness (QED) is 0.0510. The Balaban J connectivity index is 1.51.